The van der Waals surface area contributed by atoms with Crippen molar-refractivity contribution in [2.45, 2.75) is 40.2 Å². The number of carbonyl (C=O) groups excluding carboxylic acids is 1. The number of nitrogens with one attached hydrogen (secondary N) is 1. The Morgan fingerprint density at radius 1 is 1.44 bits per heavy atom. The summed E-state index contributed by atoms with van der Waals surface area (Å²) in [5.74, 6) is -0.186. The van der Waals surface area contributed by atoms with Gasteiger partial charge in [-0.3, -0.25) is 9.78 Å². The molecule has 0 aliphatic carbocycles. The highest BCUT2D eigenvalue weighted by atomic mass is 16.3. The molecule has 0 fully saturated rings. The third-order valence-electron chi connectivity index (χ3n) is 2.55. The zero-order valence-electron chi connectivity index (χ0n) is 11.5. The number of hydrogen-bond donors (Lipinski definition) is 2. The van der Waals surface area contributed by atoms with Crippen molar-refractivity contribution in [1.29, 1.82) is 0 Å². The van der Waals surface area contributed by atoms with Gasteiger partial charge in [0, 0.05) is 12.4 Å². The molecule has 1 atom stereocenters. The minimum atomic E-state index is -0.224. The third-order valence-corrected chi connectivity index (χ3v) is 2.55. The Hall–Kier alpha value is -1.42. The van der Waals surface area contributed by atoms with E-state index in [0.29, 0.717) is 5.56 Å². The van der Waals surface area contributed by atoms with Crippen LogP contribution in [0, 0.1) is 12.3 Å². The fourth-order valence-electron chi connectivity index (χ4n) is 1.85. The van der Waals surface area contributed by atoms with Gasteiger partial charge in [0.25, 0.3) is 5.91 Å². The molecule has 0 saturated carbocycles. The zero-order chi connectivity index (χ0) is 13.8. The Morgan fingerprint density at radius 2 is 2.11 bits per heavy atom. The number of aliphatic hydroxyl groups excluding tert-OH is 1. The number of amides is 1. The second-order valence-corrected chi connectivity index (χ2v) is 5.87. The SMILES string of the molecule is Cc1cncc(C(=O)NC(CO)CC(C)(C)C)c1. The summed E-state index contributed by atoms with van der Waals surface area (Å²) in [6.45, 7) is 8.08. The van der Waals surface area contributed by atoms with Crippen molar-refractivity contribution < 1.29 is 9.90 Å². The van der Waals surface area contributed by atoms with Crippen LogP contribution in [0.5, 0.6) is 0 Å². The molecule has 1 unspecified atom stereocenters. The Kier molecular flexibility index (Phi) is 4.84. The molecule has 2 N–H and O–H groups in total. The number of nitrogens with zero attached hydrogens (tertiary/aromatic N) is 1. The fraction of sp³-hybridized carbons (Fsp3) is 0.571. The Bertz CT molecular complexity index is 411. The van der Waals surface area contributed by atoms with E-state index in [0.717, 1.165) is 12.0 Å². The van der Waals surface area contributed by atoms with Crippen LogP contribution in [-0.4, -0.2) is 28.6 Å². The molecule has 0 spiro atoms. The molecule has 0 bridgehead atoms. The minimum absolute atomic E-state index is 0.0533. The molecule has 1 rings (SSSR count). The smallest absolute Gasteiger partial charge is 0.253 e. The molecule has 100 valence electrons. The average molecular weight is 250 g/mol. The summed E-state index contributed by atoms with van der Waals surface area (Å²) in [5, 5.41) is 12.1. The van der Waals surface area contributed by atoms with Crippen LogP contribution in [0.3, 0.4) is 0 Å². The molecule has 1 amide bonds. The standard InChI is InChI=1S/C14H22N2O2/c1-10-5-11(8-15-7-10)13(18)16-12(9-17)6-14(2,3)4/h5,7-8,12,17H,6,9H2,1-4H3,(H,16,18). The van der Waals surface area contributed by atoms with Gasteiger partial charge < -0.3 is 10.4 Å². The van der Waals surface area contributed by atoms with Gasteiger partial charge in [0.1, 0.15) is 0 Å². The summed E-state index contributed by atoms with van der Waals surface area (Å²) < 4.78 is 0. The first-order valence-corrected chi connectivity index (χ1v) is 6.15. The lowest BCUT2D eigenvalue weighted by atomic mass is 9.88. The maximum atomic E-state index is 12.0. The van der Waals surface area contributed by atoms with Gasteiger partial charge in [-0.1, -0.05) is 20.8 Å². The second-order valence-electron chi connectivity index (χ2n) is 5.87. The molecule has 4 nitrogen and oxygen atoms in total. The van der Waals surface area contributed by atoms with E-state index in [4.69, 9.17) is 0 Å². The highest BCUT2D eigenvalue weighted by molar-refractivity contribution is 5.94. The molecule has 0 aromatic carbocycles. The molecule has 4 heteroatoms. The van der Waals surface area contributed by atoms with E-state index in [1.54, 1.807) is 12.3 Å². The first-order valence-electron chi connectivity index (χ1n) is 6.15. The normalized spacial score (nSPS) is 13.2. The number of rotatable bonds is 4. The number of aromatic nitrogens is 1. The highest BCUT2D eigenvalue weighted by Gasteiger charge is 2.20. The van der Waals surface area contributed by atoms with E-state index in [-0.39, 0.29) is 24.0 Å². The molecule has 0 radical (unpaired) electrons. The molecule has 18 heavy (non-hydrogen) atoms. The number of pyridine rings is 1. The van der Waals surface area contributed by atoms with Gasteiger partial charge in [0.15, 0.2) is 0 Å². The average Bonchev–Trinajstić information content (AvgIpc) is 2.26. The quantitative estimate of drug-likeness (QED) is 0.858. The molecule has 1 aromatic heterocycles. The van der Waals surface area contributed by atoms with Crippen molar-refractivity contribution in [2.75, 3.05) is 6.61 Å². The van der Waals surface area contributed by atoms with Crippen LogP contribution >= 0.6 is 0 Å². The number of carbonyl (C=O) groups is 1. The van der Waals surface area contributed by atoms with Gasteiger partial charge in [-0.25, -0.2) is 0 Å². The molecular weight excluding hydrogens is 228 g/mol. The largest absolute Gasteiger partial charge is 0.394 e. The summed E-state index contributed by atoms with van der Waals surface area (Å²) in [7, 11) is 0. The van der Waals surface area contributed by atoms with E-state index < -0.39 is 0 Å². The molecule has 0 aliphatic heterocycles. The van der Waals surface area contributed by atoms with Crippen molar-refractivity contribution in [2.24, 2.45) is 5.41 Å². The topological polar surface area (TPSA) is 62.2 Å². The maximum Gasteiger partial charge on any atom is 0.253 e. The molecule has 0 aliphatic rings. The van der Waals surface area contributed by atoms with Crippen molar-refractivity contribution in [3.63, 3.8) is 0 Å². The van der Waals surface area contributed by atoms with Crippen LogP contribution in [0.2, 0.25) is 0 Å². The van der Waals surface area contributed by atoms with Gasteiger partial charge in [-0.05, 0) is 30.4 Å². The molecule has 1 aromatic rings. The number of aryl methyl sites for hydroxylation is 1. The highest BCUT2D eigenvalue weighted by Crippen LogP contribution is 2.20. The summed E-state index contributed by atoms with van der Waals surface area (Å²) >= 11 is 0. The first kappa shape index (κ1) is 14.6. The van der Waals surface area contributed by atoms with Gasteiger partial charge in [0.2, 0.25) is 0 Å². The summed E-state index contributed by atoms with van der Waals surface area (Å²) in [6.07, 6.45) is 3.97. The van der Waals surface area contributed by atoms with Gasteiger partial charge in [-0.15, -0.1) is 0 Å². The third kappa shape index (κ3) is 4.84. The van der Waals surface area contributed by atoms with Crippen molar-refractivity contribution in [3.05, 3.63) is 29.6 Å². The summed E-state index contributed by atoms with van der Waals surface area (Å²) in [6, 6.07) is 1.56. The van der Waals surface area contributed by atoms with E-state index in [2.05, 4.69) is 31.1 Å². The summed E-state index contributed by atoms with van der Waals surface area (Å²) in [5.41, 5.74) is 1.53. The lowest BCUT2D eigenvalue weighted by Gasteiger charge is -2.25. The maximum absolute atomic E-state index is 12.0. The van der Waals surface area contributed by atoms with E-state index >= 15 is 0 Å². The predicted octanol–water partition coefficient (Wildman–Crippen LogP) is 1.92. The van der Waals surface area contributed by atoms with Crippen LogP contribution in [0.15, 0.2) is 18.5 Å². The lowest BCUT2D eigenvalue weighted by Crippen LogP contribution is -2.40. The van der Waals surface area contributed by atoms with Crippen LogP contribution in [0.4, 0.5) is 0 Å². The zero-order valence-corrected chi connectivity index (χ0v) is 11.5. The van der Waals surface area contributed by atoms with Crippen molar-refractivity contribution in [3.8, 4) is 0 Å². The van der Waals surface area contributed by atoms with Gasteiger partial charge in [-0.2, -0.15) is 0 Å². The Labute approximate surface area is 108 Å². The fourth-order valence-corrected chi connectivity index (χ4v) is 1.85. The van der Waals surface area contributed by atoms with Crippen LogP contribution in [0.25, 0.3) is 0 Å². The molecular formula is C14H22N2O2. The van der Waals surface area contributed by atoms with E-state index in [1.165, 1.54) is 6.20 Å². The summed E-state index contributed by atoms with van der Waals surface area (Å²) in [4.78, 5) is 16.0. The van der Waals surface area contributed by atoms with Crippen molar-refractivity contribution in [1.82, 2.24) is 10.3 Å². The lowest BCUT2D eigenvalue weighted by molar-refractivity contribution is 0.0897. The Balaban J connectivity index is 2.68. The van der Waals surface area contributed by atoms with Gasteiger partial charge in [0.05, 0.1) is 18.2 Å². The predicted molar refractivity (Wildman–Crippen MR) is 71.4 cm³/mol. The van der Waals surface area contributed by atoms with Crippen molar-refractivity contribution >= 4 is 5.91 Å². The van der Waals surface area contributed by atoms with Gasteiger partial charge >= 0.3 is 0 Å². The monoisotopic (exact) mass is 250 g/mol. The van der Waals surface area contributed by atoms with E-state index in [9.17, 15) is 9.90 Å². The molecule has 0 saturated heterocycles. The van der Waals surface area contributed by atoms with E-state index in [1.807, 2.05) is 6.92 Å². The minimum Gasteiger partial charge on any atom is -0.394 e. The first-order chi connectivity index (χ1) is 8.31. The second kappa shape index (κ2) is 5.96. The van der Waals surface area contributed by atoms with Crippen LogP contribution < -0.4 is 5.32 Å². The Morgan fingerprint density at radius 3 is 2.61 bits per heavy atom. The number of hydrogen-bond acceptors (Lipinski definition) is 3. The number of aliphatic hydroxyl groups is 1. The van der Waals surface area contributed by atoms with Crippen LogP contribution in [-0.2, 0) is 0 Å². The van der Waals surface area contributed by atoms with Crippen LogP contribution in [0.1, 0.15) is 43.1 Å². The molecule has 1 heterocycles.